The normalized spacial score (nSPS) is 16.1. The van der Waals surface area contributed by atoms with E-state index in [0.29, 0.717) is 22.0 Å². The third-order valence-electron chi connectivity index (χ3n) is 3.22. The summed E-state index contributed by atoms with van der Waals surface area (Å²) in [6.45, 7) is 1.83. The molecule has 22 heavy (non-hydrogen) atoms. The lowest BCUT2D eigenvalue weighted by Crippen LogP contribution is -2.28. The van der Waals surface area contributed by atoms with Crippen LogP contribution in [0.4, 0.5) is 4.79 Å². The van der Waals surface area contributed by atoms with Gasteiger partial charge in [-0.1, -0.05) is 5.92 Å². The molecule has 0 N–H and O–H groups in total. The van der Waals surface area contributed by atoms with Crippen molar-refractivity contribution in [2.24, 2.45) is 0 Å². The van der Waals surface area contributed by atoms with E-state index in [-0.39, 0.29) is 17.7 Å². The second-order valence-electron chi connectivity index (χ2n) is 4.49. The third kappa shape index (κ3) is 2.81. The van der Waals surface area contributed by atoms with Gasteiger partial charge in [0.25, 0.3) is 11.1 Å². The molecule has 1 aromatic carbocycles. The van der Waals surface area contributed by atoms with E-state index in [0.717, 1.165) is 22.2 Å². The molecule has 1 fully saturated rings. The number of rotatable bonds is 4. The number of carbonyl (C=O) groups excluding carboxylic acids is 2. The van der Waals surface area contributed by atoms with Gasteiger partial charge in [-0.2, -0.15) is 0 Å². The predicted molar refractivity (Wildman–Crippen MR) is 85.8 cm³/mol. The van der Waals surface area contributed by atoms with Crippen LogP contribution in [0.25, 0.3) is 6.08 Å². The van der Waals surface area contributed by atoms with Crippen LogP contribution in [0.15, 0.2) is 17.0 Å². The first-order valence-corrected chi connectivity index (χ1v) is 7.25. The lowest BCUT2D eigenvalue weighted by molar-refractivity contribution is -0.122. The number of hydrogen-bond donors (Lipinski definition) is 0. The lowest BCUT2D eigenvalue weighted by Gasteiger charge is -2.12. The van der Waals surface area contributed by atoms with E-state index in [1.54, 1.807) is 32.4 Å². The number of carbonyl (C=O) groups is 2. The van der Waals surface area contributed by atoms with E-state index < -0.39 is 0 Å². The molecule has 2 rings (SSSR count). The molecule has 1 heterocycles. The van der Waals surface area contributed by atoms with Gasteiger partial charge in [-0.05, 0) is 36.9 Å². The van der Waals surface area contributed by atoms with Crippen molar-refractivity contribution in [3.63, 3.8) is 0 Å². The number of ether oxygens (including phenoxy) is 2. The second kappa shape index (κ2) is 6.58. The van der Waals surface area contributed by atoms with Crippen LogP contribution in [0.5, 0.6) is 11.5 Å². The zero-order valence-electron chi connectivity index (χ0n) is 12.5. The van der Waals surface area contributed by atoms with E-state index in [9.17, 15) is 9.59 Å². The van der Waals surface area contributed by atoms with Gasteiger partial charge in [0, 0.05) is 11.1 Å². The predicted octanol–water partition coefficient (Wildman–Crippen LogP) is 2.68. The molecular weight excluding hydrogens is 302 g/mol. The number of hydrogen-bond acceptors (Lipinski definition) is 5. The molecule has 0 atom stereocenters. The summed E-state index contributed by atoms with van der Waals surface area (Å²) in [7, 11) is 3.12. The topological polar surface area (TPSA) is 55.8 Å². The molecule has 0 spiro atoms. The molecule has 0 aliphatic carbocycles. The zero-order valence-corrected chi connectivity index (χ0v) is 13.3. The smallest absolute Gasteiger partial charge is 0.294 e. The Morgan fingerprint density at radius 1 is 1.32 bits per heavy atom. The van der Waals surface area contributed by atoms with E-state index in [1.807, 2.05) is 6.92 Å². The number of thioether (sulfide) groups is 1. The maximum absolute atomic E-state index is 12.2. The maximum Gasteiger partial charge on any atom is 0.294 e. The van der Waals surface area contributed by atoms with Crippen molar-refractivity contribution < 1.29 is 19.1 Å². The van der Waals surface area contributed by atoms with Gasteiger partial charge in [-0.25, -0.2) is 0 Å². The fourth-order valence-electron chi connectivity index (χ4n) is 2.17. The Balaban J connectivity index is 2.42. The van der Waals surface area contributed by atoms with Crippen LogP contribution in [0.1, 0.15) is 11.1 Å². The second-order valence-corrected chi connectivity index (χ2v) is 5.48. The van der Waals surface area contributed by atoms with Crippen molar-refractivity contribution in [3.8, 4) is 23.8 Å². The van der Waals surface area contributed by atoms with Gasteiger partial charge in [-0.15, -0.1) is 6.42 Å². The van der Waals surface area contributed by atoms with Gasteiger partial charge in [0.1, 0.15) is 11.5 Å². The average Bonchev–Trinajstić information content (AvgIpc) is 2.76. The Kier molecular flexibility index (Phi) is 4.78. The lowest BCUT2D eigenvalue weighted by atomic mass is 10.1. The van der Waals surface area contributed by atoms with E-state index in [2.05, 4.69) is 5.92 Å². The number of methoxy groups -OCH3 is 2. The highest BCUT2D eigenvalue weighted by Crippen LogP contribution is 2.37. The van der Waals surface area contributed by atoms with Gasteiger partial charge in [0.05, 0.1) is 25.7 Å². The zero-order chi connectivity index (χ0) is 16.3. The van der Waals surface area contributed by atoms with Crippen molar-refractivity contribution in [1.82, 2.24) is 4.90 Å². The molecule has 1 saturated heterocycles. The SMILES string of the molecule is C#CCN1C(=O)S/C(=C/c2ccc(OC)c(C)c2OC)C1=O. The molecule has 1 aliphatic heterocycles. The third-order valence-corrected chi connectivity index (χ3v) is 4.13. The molecular formula is C16H15NO4S. The van der Waals surface area contributed by atoms with Crippen molar-refractivity contribution in [1.29, 1.82) is 0 Å². The average molecular weight is 317 g/mol. The number of amides is 2. The van der Waals surface area contributed by atoms with Crippen molar-refractivity contribution in [3.05, 3.63) is 28.2 Å². The Bertz CT molecular complexity index is 703. The summed E-state index contributed by atoms with van der Waals surface area (Å²) in [5, 5.41) is -0.363. The van der Waals surface area contributed by atoms with Gasteiger partial charge < -0.3 is 9.47 Å². The molecule has 1 aromatic rings. The highest BCUT2D eigenvalue weighted by molar-refractivity contribution is 8.18. The summed E-state index contributed by atoms with van der Waals surface area (Å²) in [5.74, 6) is 3.21. The molecule has 0 radical (unpaired) electrons. The summed E-state index contributed by atoms with van der Waals surface area (Å²) in [5.41, 5.74) is 1.52. The van der Waals surface area contributed by atoms with Crippen molar-refractivity contribution in [2.75, 3.05) is 20.8 Å². The number of imide groups is 1. The van der Waals surface area contributed by atoms with Crippen LogP contribution in [0.2, 0.25) is 0 Å². The molecule has 2 amide bonds. The number of terminal acetylenes is 1. The van der Waals surface area contributed by atoms with Crippen LogP contribution in [-0.2, 0) is 4.79 Å². The fourth-order valence-corrected chi connectivity index (χ4v) is 3.00. The Hall–Kier alpha value is -2.39. The Labute approximate surface area is 133 Å². The summed E-state index contributed by atoms with van der Waals surface area (Å²) in [4.78, 5) is 25.3. The first-order chi connectivity index (χ1) is 10.5. The highest BCUT2D eigenvalue weighted by Gasteiger charge is 2.34. The van der Waals surface area contributed by atoms with E-state index in [4.69, 9.17) is 15.9 Å². The van der Waals surface area contributed by atoms with Crippen molar-refractivity contribution in [2.45, 2.75) is 6.92 Å². The maximum atomic E-state index is 12.2. The number of nitrogens with zero attached hydrogens (tertiary/aromatic N) is 1. The summed E-state index contributed by atoms with van der Waals surface area (Å²) in [6, 6.07) is 3.56. The summed E-state index contributed by atoms with van der Waals surface area (Å²) < 4.78 is 10.6. The standard InChI is InChI=1S/C16H15NO4S/c1-5-8-17-15(18)13(22-16(17)19)9-11-6-7-12(20-3)10(2)14(11)21-4/h1,6-7,9H,8H2,2-4H3/b13-9+. The van der Waals surface area contributed by atoms with Gasteiger partial charge in [0.15, 0.2) is 0 Å². The van der Waals surface area contributed by atoms with Crippen LogP contribution < -0.4 is 9.47 Å². The Morgan fingerprint density at radius 2 is 2.05 bits per heavy atom. The molecule has 114 valence electrons. The summed E-state index contributed by atoms with van der Waals surface area (Å²) >= 11 is 0.868. The largest absolute Gasteiger partial charge is 0.496 e. The van der Waals surface area contributed by atoms with E-state index in [1.165, 1.54) is 0 Å². The van der Waals surface area contributed by atoms with Crippen LogP contribution >= 0.6 is 11.8 Å². The molecule has 6 heteroatoms. The van der Waals surface area contributed by atoms with Gasteiger partial charge in [0.2, 0.25) is 0 Å². The van der Waals surface area contributed by atoms with Crippen LogP contribution in [0, 0.1) is 19.3 Å². The summed E-state index contributed by atoms with van der Waals surface area (Å²) in [6.07, 6.45) is 6.80. The molecule has 1 aliphatic rings. The van der Waals surface area contributed by atoms with Gasteiger partial charge >= 0.3 is 0 Å². The minimum absolute atomic E-state index is 0.0270. The van der Waals surface area contributed by atoms with Crippen LogP contribution in [-0.4, -0.2) is 36.8 Å². The molecule has 0 aromatic heterocycles. The van der Waals surface area contributed by atoms with Crippen molar-refractivity contribution >= 4 is 29.0 Å². The molecule has 0 bridgehead atoms. The highest BCUT2D eigenvalue weighted by atomic mass is 32.2. The molecule has 5 nitrogen and oxygen atoms in total. The number of benzene rings is 1. The van der Waals surface area contributed by atoms with Crippen LogP contribution in [0.3, 0.4) is 0 Å². The van der Waals surface area contributed by atoms with E-state index >= 15 is 0 Å². The first-order valence-electron chi connectivity index (χ1n) is 6.43. The minimum atomic E-state index is -0.386. The van der Waals surface area contributed by atoms with Gasteiger partial charge in [-0.3, -0.25) is 14.5 Å². The molecule has 0 unspecified atom stereocenters. The quantitative estimate of drug-likeness (QED) is 0.631. The first kappa shape index (κ1) is 16.0. The monoisotopic (exact) mass is 317 g/mol. The fraction of sp³-hybridized carbons (Fsp3) is 0.250. The minimum Gasteiger partial charge on any atom is -0.496 e. The molecule has 0 saturated carbocycles. The Morgan fingerprint density at radius 3 is 2.64 bits per heavy atom.